The molecule has 3 aromatic rings. The first-order valence-corrected chi connectivity index (χ1v) is 9.43. The predicted molar refractivity (Wildman–Crippen MR) is 111 cm³/mol. The maximum Gasteiger partial charge on any atom is 0.322 e. The second-order valence-electron chi connectivity index (χ2n) is 6.07. The van der Waals surface area contributed by atoms with Crippen LogP contribution in [0.5, 0.6) is 11.5 Å². The maximum atomic E-state index is 12.9. The van der Waals surface area contributed by atoms with Crippen molar-refractivity contribution < 1.29 is 18.7 Å². The highest BCUT2D eigenvalue weighted by Crippen LogP contribution is 2.28. The second kappa shape index (κ2) is 9.32. The molecule has 6 nitrogen and oxygen atoms in total. The fourth-order valence-corrected chi connectivity index (χ4v) is 3.16. The van der Waals surface area contributed by atoms with Gasteiger partial charge in [0.1, 0.15) is 5.76 Å². The summed E-state index contributed by atoms with van der Waals surface area (Å²) in [6, 6.07) is 16.5. The van der Waals surface area contributed by atoms with Gasteiger partial charge in [0.2, 0.25) is 0 Å². The zero-order chi connectivity index (χ0) is 19.9. The number of benzene rings is 2. The van der Waals surface area contributed by atoms with Crippen molar-refractivity contribution in [1.82, 2.24) is 4.90 Å². The lowest BCUT2D eigenvalue weighted by Gasteiger charge is -2.23. The number of amides is 2. The molecule has 0 saturated heterocycles. The van der Waals surface area contributed by atoms with E-state index in [9.17, 15) is 4.79 Å². The van der Waals surface area contributed by atoms with Crippen LogP contribution >= 0.6 is 15.9 Å². The van der Waals surface area contributed by atoms with E-state index in [1.807, 2.05) is 48.5 Å². The Morgan fingerprint density at radius 3 is 2.54 bits per heavy atom. The number of anilines is 1. The number of methoxy groups -OCH3 is 2. The van der Waals surface area contributed by atoms with Crippen LogP contribution in [0.1, 0.15) is 11.3 Å². The highest BCUT2D eigenvalue weighted by Gasteiger charge is 2.17. The first-order valence-electron chi connectivity index (χ1n) is 8.64. The van der Waals surface area contributed by atoms with Gasteiger partial charge in [0.05, 0.1) is 27.0 Å². The molecule has 7 heteroatoms. The lowest BCUT2D eigenvalue weighted by atomic mass is 10.2. The Balaban J connectivity index is 1.81. The fourth-order valence-electron chi connectivity index (χ4n) is 2.76. The maximum absolute atomic E-state index is 12.9. The normalized spacial score (nSPS) is 10.4. The van der Waals surface area contributed by atoms with Gasteiger partial charge in [-0.25, -0.2) is 4.79 Å². The summed E-state index contributed by atoms with van der Waals surface area (Å²) in [7, 11) is 3.17. The van der Waals surface area contributed by atoms with Crippen molar-refractivity contribution in [3.63, 3.8) is 0 Å². The summed E-state index contributed by atoms with van der Waals surface area (Å²) in [6.07, 6.45) is 1.59. The Labute approximate surface area is 172 Å². The molecule has 0 atom stereocenters. The van der Waals surface area contributed by atoms with E-state index in [-0.39, 0.29) is 6.03 Å². The minimum absolute atomic E-state index is 0.232. The highest BCUT2D eigenvalue weighted by molar-refractivity contribution is 9.10. The molecule has 0 aliphatic rings. The molecular formula is C21H21BrN2O4. The van der Waals surface area contributed by atoms with Crippen molar-refractivity contribution in [2.75, 3.05) is 19.5 Å². The SMILES string of the molecule is COc1ccc(CN(Cc2ccco2)C(=O)Nc2cccc(Br)c2)cc1OC. The molecule has 1 N–H and O–H groups in total. The van der Waals surface area contributed by atoms with Crippen LogP contribution in [0.15, 0.2) is 69.8 Å². The summed E-state index contributed by atoms with van der Waals surface area (Å²) in [5, 5.41) is 2.93. The molecule has 0 bridgehead atoms. The van der Waals surface area contributed by atoms with Gasteiger partial charge in [-0.05, 0) is 48.0 Å². The first-order chi connectivity index (χ1) is 13.6. The molecule has 1 aromatic heterocycles. The van der Waals surface area contributed by atoms with E-state index in [0.717, 1.165) is 10.0 Å². The summed E-state index contributed by atoms with van der Waals surface area (Å²) in [4.78, 5) is 14.6. The van der Waals surface area contributed by atoms with Crippen molar-refractivity contribution in [1.29, 1.82) is 0 Å². The number of hydrogen-bond acceptors (Lipinski definition) is 4. The number of rotatable bonds is 7. The summed E-state index contributed by atoms with van der Waals surface area (Å²) in [6.45, 7) is 0.710. The van der Waals surface area contributed by atoms with Crippen molar-refractivity contribution in [2.45, 2.75) is 13.1 Å². The van der Waals surface area contributed by atoms with Gasteiger partial charge in [0, 0.05) is 16.7 Å². The average molecular weight is 445 g/mol. The topological polar surface area (TPSA) is 63.9 Å². The fraction of sp³-hybridized carbons (Fsp3) is 0.190. The van der Waals surface area contributed by atoms with E-state index in [4.69, 9.17) is 13.9 Å². The van der Waals surface area contributed by atoms with Gasteiger partial charge < -0.3 is 24.1 Å². The minimum Gasteiger partial charge on any atom is -0.493 e. The van der Waals surface area contributed by atoms with Gasteiger partial charge in [0.25, 0.3) is 0 Å². The van der Waals surface area contributed by atoms with Crippen LogP contribution in [-0.2, 0) is 13.1 Å². The van der Waals surface area contributed by atoms with Gasteiger partial charge in [0.15, 0.2) is 11.5 Å². The molecule has 2 aromatic carbocycles. The predicted octanol–water partition coefficient (Wildman–Crippen LogP) is 5.29. The molecule has 0 radical (unpaired) electrons. The number of carbonyl (C=O) groups is 1. The van der Waals surface area contributed by atoms with E-state index in [1.165, 1.54) is 0 Å². The van der Waals surface area contributed by atoms with E-state index >= 15 is 0 Å². The number of nitrogens with one attached hydrogen (secondary N) is 1. The second-order valence-corrected chi connectivity index (χ2v) is 6.98. The third kappa shape index (κ3) is 5.07. The van der Waals surface area contributed by atoms with Crippen LogP contribution in [0.3, 0.4) is 0 Å². The molecule has 0 aliphatic carbocycles. The van der Waals surface area contributed by atoms with Gasteiger partial charge in [-0.3, -0.25) is 0 Å². The molecule has 0 fully saturated rings. The van der Waals surface area contributed by atoms with Crippen molar-refractivity contribution in [3.05, 3.63) is 76.7 Å². The molecule has 2 amide bonds. The Kier molecular flexibility index (Phi) is 6.60. The molecular weight excluding hydrogens is 424 g/mol. The lowest BCUT2D eigenvalue weighted by Crippen LogP contribution is -2.34. The minimum atomic E-state index is -0.232. The molecule has 0 aliphatic heterocycles. The van der Waals surface area contributed by atoms with E-state index in [0.29, 0.717) is 36.0 Å². The molecule has 28 heavy (non-hydrogen) atoms. The summed E-state index contributed by atoms with van der Waals surface area (Å²) in [5.41, 5.74) is 1.62. The Hall–Kier alpha value is -2.93. The number of urea groups is 1. The summed E-state index contributed by atoms with van der Waals surface area (Å²) >= 11 is 3.42. The Morgan fingerprint density at radius 1 is 1.04 bits per heavy atom. The van der Waals surface area contributed by atoms with Crippen LogP contribution in [0.4, 0.5) is 10.5 Å². The summed E-state index contributed by atoms with van der Waals surface area (Å²) < 4.78 is 17.0. The van der Waals surface area contributed by atoms with Crippen molar-refractivity contribution in [2.24, 2.45) is 0 Å². The molecule has 3 rings (SSSR count). The summed E-state index contributed by atoms with van der Waals surface area (Å²) in [5.74, 6) is 1.96. The van der Waals surface area contributed by atoms with Gasteiger partial charge >= 0.3 is 6.03 Å². The standard InChI is InChI=1S/C21H21BrN2O4/c1-26-19-9-8-15(11-20(19)27-2)13-24(14-18-7-4-10-28-18)21(25)23-17-6-3-5-16(22)12-17/h3-12H,13-14H2,1-2H3,(H,23,25). The third-order valence-corrected chi connectivity index (χ3v) is 4.60. The van der Waals surface area contributed by atoms with Crippen LogP contribution in [0.2, 0.25) is 0 Å². The molecule has 1 heterocycles. The van der Waals surface area contributed by atoms with Crippen molar-refractivity contribution >= 4 is 27.6 Å². The first kappa shape index (κ1) is 19.8. The smallest absolute Gasteiger partial charge is 0.322 e. The largest absolute Gasteiger partial charge is 0.493 e. The zero-order valence-electron chi connectivity index (χ0n) is 15.6. The van der Waals surface area contributed by atoms with Crippen LogP contribution < -0.4 is 14.8 Å². The molecule has 146 valence electrons. The van der Waals surface area contributed by atoms with Crippen LogP contribution in [0, 0.1) is 0 Å². The average Bonchev–Trinajstić information content (AvgIpc) is 3.20. The van der Waals surface area contributed by atoms with E-state index < -0.39 is 0 Å². The number of furan rings is 1. The number of hydrogen-bond donors (Lipinski definition) is 1. The van der Waals surface area contributed by atoms with Gasteiger partial charge in [-0.2, -0.15) is 0 Å². The monoisotopic (exact) mass is 444 g/mol. The highest BCUT2D eigenvalue weighted by atomic mass is 79.9. The number of carbonyl (C=O) groups excluding carboxylic acids is 1. The molecule has 0 unspecified atom stereocenters. The lowest BCUT2D eigenvalue weighted by molar-refractivity contribution is 0.201. The number of halogens is 1. The molecule has 0 spiro atoms. The molecule has 0 saturated carbocycles. The quantitative estimate of drug-likeness (QED) is 0.537. The van der Waals surface area contributed by atoms with E-state index in [1.54, 1.807) is 31.4 Å². The Bertz CT molecular complexity index is 928. The van der Waals surface area contributed by atoms with Gasteiger partial charge in [-0.1, -0.05) is 28.1 Å². The number of ether oxygens (including phenoxy) is 2. The van der Waals surface area contributed by atoms with Crippen LogP contribution in [0.25, 0.3) is 0 Å². The number of nitrogens with zero attached hydrogens (tertiary/aromatic N) is 1. The Morgan fingerprint density at radius 2 is 1.86 bits per heavy atom. The van der Waals surface area contributed by atoms with Crippen LogP contribution in [-0.4, -0.2) is 25.2 Å². The zero-order valence-corrected chi connectivity index (χ0v) is 17.2. The van der Waals surface area contributed by atoms with Gasteiger partial charge in [-0.15, -0.1) is 0 Å². The van der Waals surface area contributed by atoms with Crippen molar-refractivity contribution in [3.8, 4) is 11.5 Å². The van der Waals surface area contributed by atoms with E-state index in [2.05, 4.69) is 21.2 Å². The third-order valence-electron chi connectivity index (χ3n) is 4.11.